The predicted molar refractivity (Wildman–Crippen MR) is 54.9 cm³/mol. The minimum Gasteiger partial charge on any atom is -0.481 e. The van der Waals surface area contributed by atoms with Crippen LogP contribution in [0.2, 0.25) is 0 Å². The molecule has 0 aromatic carbocycles. The van der Waals surface area contributed by atoms with E-state index in [1.54, 1.807) is 0 Å². The Labute approximate surface area is 92.9 Å². The van der Waals surface area contributed by atoms with Gasteiger partial charge in [0.1, 0.15) is 6.10 Å². The standard InChI is InChI=1S/C8H16O6S/c9-2-5(4-15)14-7(1-8(12)13)6(11)3-10/h5-7,9-11,15H,1-4H2,(H,12,13). The first-order valence-corrected chi connectivity index (χ1v) is 5.06. The van der Waals surface area contributed by atoms with Crippen molar-refractivity contribution in [2.24, 2.45) is 0 Å². The van der Waals surface area contributed by atoms with Gasteiger partial charge in [0.05, 0.1) is 31.8 Å². The summed E-state index contributed by atoms with van der Waals surface area (Å²) in [7, 11) is 0. The summed E-state index contributed by atoms with van der Waals surface area (Å²) in [5, 5.41) is 35.3. The Hall–Kier alpha value is -0.340. The molecule has 3 unspecified atom stereocenters. The van der Waals surface area contributed by atoms with Crippen molar-refractivity contribution in [3.63, 3.8) is 0 Å². The van der Waals surface area contributed by atoms with E-state index in [0.717, 1.165) is 0 Å². The summed E-state index contributed by atoms with van der Waals surface area (Å²) in [4.78, 5) is 10.4. The SMILES string of the molecule is O=C(O)CC(OC(CO)CS)C(O)CO. The van der Waals surface area contributed by atoms with Crippen LogP contribution in [0.1, 0.15) is 6.42 Å². The average molecular weight is 240 g/mol. The number of aliphatic hydroxyl groups excluding tert-OH is 3. The zero-order chi connectivity index (χ0) is 11.8. The van der Waals surface area contributed by atoms with E-state index in [9.17, 15) is 9.90 Å². The third-order valence-corrected chi connectivity index (χ3v) is 2.17. The van der Waals surface area contributed by atoms with Gasteiger partial charge in [-0.15, -0.1) is 0 Å². The second-order valence-electron chi connectivity index (χ2n) is 3.01. The molecule has 0 aliphatic rings. The maximum atomic E-state index is 10.4. The van der Waals surface area contributed by atoms with Crippen LogP contribution in [0.3, 0.4) is 0 Å². The Morgan fingerprint density at radius 2 is 1.93 bits per heavy atom. The lowest BCUT2D eigenvalue weighted by molar-refractivity contribution is -0.148. The van der Waals surface area contributed by atoms with Crippen LogP contribution in [-0.2, 0) is 9.53 Å². The molecule has 0 amide bonds. The van der Waals surface area contributed by atoms with Crippen LogP contribution in [0.15, 0.2) is 0 Å². The number of carbonyl (C=O) groups is 1. The number of hydrogen-bond donors (Lipinski definition) is 5. The molecular formula is C8H16O6S. The Bertz CT molecular complexity index is 184. The van der Waals surface area contributed by atoms with E-state index in [4.69, 9.17) is 20.1 Å². The Balaban J connectivity index is 4.28. The highest BCUT2D eigenvalue weighted by molar-refractivity contribution is 7.80. The van der Waals surface area contributed by atoms with Gasteiger partial charge in [-0.1, -0.05) is 0 Å². The van der Waals surface area contributed by atoms with Crippen molar-refractivity contribution in [1.82, 2.24) is 0 Å². The van der Waals surface area contributed by atoms with Gasteiger partial charge in [-0.05, 0) is 0 Å². The second kappa shape index (κ2) is 7.89. The van der Waals surface area contributed by atoms with Gasteiger partial charge in [-0.25, -0.2) is 0 Å². The van der Waals surface area contributed by atoms with Crippen molar-refractivity contribution in [3.8, 4) is 0 Å². The molecule has 0 aliphatic heterocycles. The van der Waals surface area contributed by atoms with Crippen LogP contribution < -0.4 is 0 Å². The van der Waals surface area contributed by atoms with Gasteiger partial charge in [0, 0.05) is 5.75 Å². The fourth-order valence-electron chi connectivity index (χ4n) is 0.956. The fourth-order valence-corrected chi connectivity index (χ4v) is 1.16. The predicted octanol–water partition coefficient (Wildman–Crippen LogP) is -1.51. The number of aliphatic carboxylic acids is 1. The molecule has 3 atom stereocenters. The smallest absolute Gasteiger partial charge is 0.306 e. The molecular weight excluding hydrogens is 224 g/mol. The Morgan fingerprint density at radius 3 is 2.27 bits per heavy atom. The van der Waals surface area contributed by atoms with Gasteiger partial charge < -0.3 is 25.2 Å². The maximum Gasteiger partial charge on any atom is 0.306 e. The van der Waals surface area contributed by atoms with Gasteiger partial charge in [-0.3, -0.25) is 4.79 Å². The number of thiol groups is 1. The summed E-state index contributed by atoms with van der Waals surface area (Å²) in [6.07, 6.45) is -3.42. The van der Waals surface area contributed by atoms with Gasteiger partial charge in [-0.2, -0.15) is 12.6 Å². The average Bonchev–Trinajstić information content (AvgIpc) is 2.22. The molecule has 0 heterocycles. The molecule has 0 spiro atoms. The molecule has 0 radical (unpaired) electrons. The molecule has 0 aromatic heterocycles. The zero-order valence-electron chi connectivity index (χ0n) is 8.11. The maximum absolute atomic E-state index is 10.4. The number of carboxylic acid groups (broad SMARTS) is 1. The minimum atomic E-state index is -1.28. The van der Waals surface area contributed by atoms with E-state index in [2.05, 4.69) is 12.6 Å². The molecule has 0 aliphatic carbocycles. The quantitative estimate of drug-likeness (QED) is 0.330. The topological polar surface area (TPSA) is 107 Å². The molecule has 15 heavy (non-hydrogen) atoms. The van der Waals surface area contributed by atoms with Crippen LogP contribution in [0.4, 0.5) is 0 Å². The summed E-state index contributed by atoms with van der Waals surface area (Å²) < 4.78 is 5.10. The van der Waals surface area contributed by atoms with Crippen molar-refractivity contribution in [3.05, 3.63) is 0 Å². The molecule has 90 valence electrons. The molecule has 4 N–H and O–H groups in total. The first-order chi connectivity index (χ1) is 7.04. The first kappa shape index (κ1) is 14.7. The van der Waals surface area contributed by atoms with E-state index in [1.807, 2.05) is 0 Å². The van der Waals surface area contributed by atoms with Crippen molar-refractivity contribution < 1.29 is 30.0 Å². The monoisotopic (exact) mass is 240 g/mol. The zero-order valence-corrected chi connectivity index (χ0v) is 9.01. The minimum absolute atomic E-state index is 0.199. The largest absolute Gasteiger partial charge is 0.481 e. The normalized spacial score (nSPS) is 17.1. The molecule has 6 nitrogen and oxygen atoms in total. The van der Waals surface area contributed by atoms with E-state index in [1.165, 1.54) is 0 Å². The number of carboxylic acids is 1. The summed E-state index contributed by atoms with van der Waals surface area (Å²) in [6, 6.07) is 0. The molecule has 0 saturated heterocycles. The van der Waals surface area contributed by atoms with Crippen LogP contribution >= 0.6 is 12.6 Å². The van der Waals surface area contributed by atoms with Crippen LogP contribution in [-0.4, -0.2) is 63.7 Å². The highest BCUT2D eigenvalue weighted by Crippen LogP contribution is 2.09. The summed E-state index contributed by atoms with van der Waals surface area (Å²) in [6.45, 7) is -0.916. The summed E-state index contributed by atoms with van der Waals surface area (Å²) in [5.41, 5.74) is 0. The summed E-state index contributed by atoms with van der Waals surface area (Å²) >= 11 is 3.88. The lowest BCUT2D eigenvalue weighted by Gasteiger charge is -2.24. The summed E-state index contributed by atoms with van der Waals surface area (Å²) in [5.74, 6) is -0.950. The molecule has 0 rings (SSSR count). The molecule has 0 aromatic rings. The molecule has 0 fully saturated rings. The van der Waals surface area contributed by atoms with E-state index in [0.29, 0.717) is 0 Å². The number of ether oxygens (including phenoxy) is 1. The molecule has 7 heteroatoms. The third kappa shape index (κ3) is 5.95. The highest BCUT2D eigenvalue weighted by Gasteiger charge is 2.25. The number of rotatable bonds is 8. The van der Waals surface area contributed by atoms with Crippen molar-refractivity contribution in [1.29, 1.82) is 0 Å². The van der Waals surface area contributed by atoms with Crippen LogP contribution in [0, 0.1) is 0 Å². The highest BCUT2D eigenvalue weighted by atomic mass is 32.1. The Kier molecular flexibility index (Phi) is 7.71. The van der Waals surface area contributed by atoms with Crippen molar-refractivity contribution >= 4 is 18.6 Å². The van der Waals surface area contributed by atoms with Gasteiger partial charge in [0.15, 0.2) is 0 Å². The van der Waals surface area contributed by atoms with Gasteiger partial charge in [0.25, 0.3) is 0 Å². The lowest BCUT2D eigenvalue weighted by atomic mass is 10.1. The number of hydrogen-bond acceptors (Lipinski definition) is 6. The Morgan fingerprint density at radius 1 is 1.33 bits per heavy atom. The molecule has 0 saturated carbocycles. The van der Waals surface area contributed by atoms with Crippen LogP contribution in [0.25, 0.3) is 0 Å². The van der Waals surface area contributed by atoms with Crippen molar-refractivity contribution in [2.75, 3.05) is 19.0 Å². The van der Waals surface area contributed by atoms with E-state index >= 15 is 0 Å². The van der Waals surface area contributed by atoms with E-state index < -0.39 is 37.3 Å². The lowest BCUT2D eigenvalue weighted by Crippen LogP contribution is -2.38. The fraction of sp³-hybridized carbons (Fsp3) is 0.875. The third-order valence-electron chi connectivity index (χ3n) is 1.77. The van der Waals surface area contributed by atoms with E-state index in [-0.39, 0.29) is 12.4 Å². The van der Waals surface area contributed by atoms with Crippen molar-refractivity contribution in [2.45, 2.75) is 24.7 Å². The molecule has 0 bridgehead atoms. The van der Waals surface area contributed by atoms with Crippen LogP contribution in [0.5, 0.6) is 0 Å². The van der Waals surface area contributed by atoms with Gasteiger partial charge >= 0.3 is 5.97 Å². The second-order valence-corrected chi connectivity index (χ2v) is 3.37. The first-order valence-electron chi connectivity index (χ1n) is 4.43. The van der Waals surface area contributed by atoms with Gasteiger partial charge in [0.2, 0.25) is 0 Å². The number of aliphatic hydroxyl groups is 3.